The van der Waals surface area contributed by atoms with E-state index in [1.807, 2.05) is 0 Å². The predicted molar refractivity (Wildman–Crippen MR) is 52.9 cm³/mol. The molecule has 0 amide bonds. The van der Waals surface area contributed by atoms with Crippen LogP contribution in [0.4, 0.5) is 0 Å². The Labute approximate surface area is 84.5 Å². The highest BCUT2D eigenvalue weighted by molar-refractivity contribution is 7.87. The van der Waals surface area contributed by atoms with Crippen LogP contribution >= 0.6 is 0 Å². The fraction of sp³-hybridized carbons (Fsp3) is 1.00. The van der Waals surface area contributed by atoms with Gasteiger partial charge in [-0.05, 0) is 20.8 Å². The third-order valence-electron chi connectivity index (χ3n) is 1.37. The summed E-state index contributed by atoms with van der Waals surface area (Å²) in [6.45, 7) is 3.97. The Morgan fingerprint density at radius 1 is 1.43 bits per heavy atom. The zero-order valence-corrected chi connectivity index (χ0v) is 9.43. The molecule has 1 unspecified atom stereocenters. The van der Waals surface area contributed by atoms with E-state index in [4.69, 9.17) is 5.11 Å². The molecule has 0 aromatic rings. The molecule has 4 N–H and O–H groups in total. The van der Waals surface area contributed by atoms with Crippen molar-refractivity contribution >= 4 is 10.2 Å². The highest BCUT2D eigenvalue weighted by atomic mass is 32.2. The van der Waals surface area contributed by atoms with E-state index in [1.54, 1.807) is 13.8 Å². The molecule has 6 nitrogen and oxygen atoms in total. The van der Waals surface area contributed by atoms with E-state index in [2.05, 4.69) is 9.44 Å². The van der Waals surface area contributed by atoms with E-state index in [9.17, 15) is 13.5 Å². The molecule has 0 fully saturated rings. The summed E-state index contributed by atoms with van der Waals surface area (Å²) in [5.41, 5.74) is -1.44. The van der Waals surface area contributed by atoms with E-state index in [0.29, 0.717) is 0 Å². The number of rotatable bonds is 6. The van der Waals surface area contributed by atoms with Crippen LogP contribution in [0, 0.1) is 0 Å². The van der Waals surface area contributed by atoms with Crippen LogP contribution in [0.3, 0.4) is 0 Å². The van der Waals surface area contributed by atoms with Gasteiger partial charge in [0, 0.05) is 12.6 Å². The van der Waals surface area contributed by atoms with Crippen LogP contribution in [-0.2, 0) is 10.2 Å². The first kappa shape index (κ1) is 13.8. The molecule has 0 heterocycles. The van der Waals surface area contributed by atoms with E-state index < -0.39 is 22.4 Å². The van der Waals surface area contributed by atoms with Crippen LogP contribution in [0.1, 0.15) is 20.8 Å². The lowest BCUT2D eigenvalue weighted by Gasteiger charge is -2.21. The highest BCUT2D eigenvalue weighted by Gasteiger charge is 2.22. The fourth-order valence-electron chi connectivity index (χ4n) is 0.658. The maximum atomic E-state index is 11.2. The monoisotopic (exact) mass is 226 g/mol. The molecule has 0 spiro atoms. The SMILES string of the molecule is CC(C)NS(=O)(=O)NCC(C)(O)CO. The minimum absolute atomic E-state index is 0.216. The minimum atomic E-state index is -3.60. The minimum Gasteiger partial charge on any atom is -0.393 e. The lowest BCUT2D eigenvalue weighted by Crippen LogP contribution is -2.48. The molecule has 7 heteroatoms. The Morgan fingerprint density at radius 2 is 1.93 bits per heavy atom. The number of hydrogen-bond donors (Lipinski definition) is 4. The number of aliphatic hydroxyl groups excluding tert-OH is 1. The Hall–Kier alpha value is -0.210. The summed E-state index contributed by atoms with van der Waals surface area (Å²) < 4.78 is 26.8. The Balaban J connectivity index is 4.13. The first-order valence-electron chi connectivity index (χ1n) is 4.29. The lowest BCUT2D eigenvalue weighted by atomic mass is 10.1. The van der Waals surface area contributed by atoms with Crippen molar-refractivity contribution in [3.63, 3.8) is 0 Å². The van der Waals surface area contributed by atoms with Gasteiger partial charge in [0.25, 0.3) is 10.2 Å². The maximum absolute atomic E-state index is 11.2. The Bertz CT molecular complexity index is 261. The summed E-state index contributed by atoms with van der Waals surface area (Å²) in [5, 5.41) is 18.0. The molecule has 0 saturated heterocycles. The summed E-state index contributed by atoms with van der Waals surface area (Å²) in [6.07, 6.45) is 0. The molecule has 86 valence electrons. The van der Waals surface area contributed by atoms with Gasteiger partial charge in [-0.25, -0.2) is 0 Å². The largest absolute Gasteiger partial charge is 0.393 e. The van der Waals surface area contributed by atoms with Crippen molar-refractivity contribution in [1.29, 1.82) is 0 Å². The standard InChI is InChI=1S/C7H18N2O4S/c1-6(2)9-14(12,13)8-4-7(3,11)5-10/h6,8-11H,4-5H2,1-3H3. The van der Waals surface area contributed by atoms with Gasteiger partial charge in [0.15, 0.2) is 0 Å². The van der Waals surface area contributed by atoms with Crippen molar-refractivity contribution in [3.05, 3.63) is 0 Å². The van der Waals surface area contributed by atoms with Gasteiger partial charge in [-0.15, -0.1) is 0 Å². The molecule has 0 aromatic carbocycles. The second kappa shape index (κ2) is 5.04. The van der Waals surface area contributed by atoms with Gasteiger partial charge in [-0.1, -0.05) is 0 Å². The van der Waals surface area contributed by atoms with Crippen molar-refractivity contribution in [3.8, 4) is 0 Å². The summed E-state index contributed by atoms with van der Waals surface area (Å²) in [7, 11) is -3.60. The summed E-state index contributed by atoms with van der Waals surface area (Å²) in [4.78, 5) is 0. The number of hydrogen-bond acceptors (Lipinski definition) is 4. The smallest absolute Gasteiger partial charge is 0.277 e. The molecule has 0 aliphatic rings. The van der Waals surface area contributed by atoms with E-state index in [0.717, 1.165) is 0 Å². The number of nitrogens with one attached hydrogen (secondary N) is 2. The van der Waals surface area contributed by atoms with Gasteiger partial charge >= 0.3 is 0 Å². The third kappa shape index (κ3) is 6.28. The van der Waals surface area contributed by atoms with Gasteiger partial charge in [0.1, 0.15) is 0 Å². The van der Waals surface area contributed by atoms with Gasteiger partial charge in [0.05, 0.1) is 12.2 Å². The summed E-state index contributed by atoms with van der Waals surface area (Å²) in [5.74, 6) is 0. The second-order valence-corrected chi connectivity index (χ2v) is 5.28. The van der Waals surface area contributed by atoms with Crippen molar-refractivity contribution in [2.45, 2.75) is 32.4 Å². The first-order chi connectivity index (χ1) is 6.18. The quantitative estimate of drug-likeness (QED) is 0.446. The van der Waals surface area contributed by atoms with Crippen molar-refractivity contribution in [1.82, 2.24) is 9.44 Å². The molecule has 0 bridgehead atoms. The van der Waals surface area contributed by atoms with E-state index >= 15 is 0 Å². The normalized spacial score (nSPS) is 17.0. The molecule has 0 saturated carbocycles. The van der Waals surface area contributed by atoms with Crippen LogP contribution in [0.5, 0.6) is 0 Å². The van der Waals surface area contributed by atoms with Crippen LogP contribution in [-0.4, -0.2) is 43.4 Å². The van der Waals surface area contributed by atoms with Crippen molar-refractivity contribution in [2.75, 3.05) is 13.2 Å². The molecular formula is C7H18N2O4S. The number of aliphatic hydroxyl groups is 2. The van der Waals surface area contributed by atoms with Crippen molar-refractivity contribution in [2.24, 2.45) is 0 Å². The zero-order chi connectivity index (χ0) is 11.4. The van der Waals surface area contributed by atoms with Crippen LogP contribution in [0.2, 0.25) is 0 Å². The molecule has 0 aliphatic heterocycles. The average molecular weight is 226 g/mol. The molecule has 0 rings (SSSR count). The molecule has 0 aliphatic carbocycles. The van der Waals surface area contributed by atoms with E-state index in [1.165, 1.54) is 6.92 Å². The van der Waals surface area contributed by atoms with Gasteiger partial charge < -0.3 is 10.2 Å². The Morgan fingerprint density at radius 3 is 2.29 bits per heavy atom. The van der Waals surface area contributed by atoms with Gasteiger partial charge in [-0.3, -0.25) is 0 Å². The van der Waals surface area contributed by atoms with Crippen LogP contribution in [0.25, 0.3) is 0 Å². The first-order valence-corrected chi connectivity index (χ1v) is 5.77. The predicted octanol–water partition coefficient (Wildman–Crippen LogP) is -1.44. The average Bonchev–Trinajstić information content (AvgIpc) is 1.99. The molecular weight excluding hydrogens is 208 g/mol. The summed E-state index contributed by atoms with van der Waals surface area (Å²) >= 11 is 0. The second-order valence-electron chi connectivity index (χ2n) is 3.75. The highest BCUT2D eigenvalue weighted by Crippen LogP contribution is 1.99. The van der Waals surface area contributed by atoms with Crippen LogP contribution < -0.4 is 9.44 Å². The lowest BCUT2D eigenvalue weighted by molar-refractivity contribution is 0.00674. The molecule has 0 radical (unpaired) electrons. The molecule has 0 aromatic heterocycles. The van der Waals surface area contributed by atoms with Crippen LogP contribution in [0.15, 0.2) is 0 Å². The zero-order valence-electron chi connectivity index (χ0n) is 8.61. The third-order valence-corrected chi connectivity index (χ3v) is 2.68. The van der Waals surface area contributed by atoms with Gasteiger partial charge in [-0.2, -0.15) is 17.9 Å². The van der Waals surface area contributed by atoms with Crippen molar-refractivity contribution < 1.29 is 18.6 Å². The maximum Gasteiger partial charge on any atom is 0.277 e. The fourth-order valence-corrected chi connectivity index (χ4v) is 1.86. The van der Waals surface area contributed by atoms with Gasteiger partial charge in [0.2, 0.25) is 0 Å². The molecule has 1 atom stereocenters. The molecule has 14 heavy (non-hydrogen) atoms. The summed E-state index contributed by atoms with van der Waals surface area (Å²) in [6, 6.07) is -0.216. The van der Waals surface area contributed by atoms with E-state index in [-0.39, 0.29) is 12.6 Å². The Kier molecular flexibility index (Phi) is 4.96. The topological polar surface area (TPSA) is 98.7 Å².